The smallest absolute Gasteiger partial charge is 0.304 e. The van der Waals surface area contributed by atoms with Crippen molar-refractivity contribution < 1.29 is 18.0 Å². The highest BCUT2D eigenvalue weighted by atomic mass is 32.2. The lowest BCUT2D eigenvalue weighted by Crippen LogP contribution is -2.56. The summed E-state index contributed by atoms with van der Waals surface area (Å²) in [7, 11) is -1.16. The summed E-state index contributed by atoms with van der Waals surface area (Å²) < 4.78 is 28.9. The first kappa shape index (κ1) is 30.8. The topological polar surface area (TPSA) is 90.0 Å². The van der Waals surface area contributed by atoms with E-state index in [9.17, 15) is 18.0 Å². The summed E-state index contributed by atoms with van der Waals surface area (Å²) in [6, 6.07) is 24.9. The lowest BCUT2D eigenvalue weighted by atomic mass is 10.0. The largest absolute Gasteiger partial charge is 0.350 e. The van der Waals surface area contributed by atoms with E-state index in [1.165, 1.54) is 19.0 Å². The van der Waals surface area contributed by atoms with Crippen LogP contribution in [0.25, 0.3) is 0 Å². The quantitative estimate of drug-likeness (QED) is 0.379. The van der Waals surface area contributed by atoms with Crippen molar-refractivity contribution in [2.45, 2.75) is 52.2 Å². The van der Waals surface area contributed by atoms with E-state index in [1.807, 2.05) is 82.3 Å². The fourth-order valence-corrected chi connectivity index (χ4v) is 5.38. The standard InChI is InChI=1S/C31H40N4O4S/c1-24-14-13-17-26(20-24)22-34(28(30(37)32-31(2,3)4)21-25-15-9-7-10-16-25)29(36)23-35(40(38,39)33(5)6)27-18-11-8-12-19-27/h7-20,28H,21-23H2,1-6H3,(H,32,37)/t28-/m1/s1. The molecule has 2 amide bonds. The lowest BCUT2D eigenvalue weighted by Gasteiger charge is -2.35. The van der Waals surface area contributed by atoms with Gasteiger partial charge in [0.05, 0.1) is 5.69 Å². The third-order valence-electron chi connectivity index (χ3n) is 6.27. The Bertz CT molecular complexity index is 1390. The fourth-order valence-electron chi connectivity index (χ4n) is 4.33. The van der Waals surface area contributed by atoms with Crippen LogP contribution in [0, 0.1) is 6.92 Å². The van der Waals surface area contributed by atoms with Crippen LogP contribution >= 0.6 is 0 Å². The molecule has 0 saturated carbocycles. The lowest BCUT2D eigenvalue weighted by molar-refractivity contribution is -0.140. The molecule has 0 unspecified atom stereocenters. The van der Waals surface area contributed by atoms with Crippen molar-refractivity contribution >= 4 is 27.7 Å². The molecule has 1 atom stereocenters. The van der Waals surface area contributed by atoms with Crippen molar-refractivity contribution in [1.29, 1.82) is 0 Å². The molecule has 3 rings (SSSR count). The van der Waals surface area contributed by atoms with Crippen LogP contribution in [0.4, 0.5) is 5.69 Å². The minimum Gasteiger partial charge on any atom is -0.350 e. The molecule has 3 aromatic rings. The van der Waals surface area contributed by atoms with Gasteiger partial charge in [0.15, 0.2) is 0 Å². The Labute approximate surface area is 238 Å². The van der Waals surface area contributed by atoms with Crippen LogP contribution < -0.4 is 9.62 Å². The van der Waals surface area contributed by atoms with E-state index in [-0.39, 0.29) is 18.9 Å². The molecule has 8 nitrogen and oxygen atoms in total. The van der Waals surface area contributed by atoms with E-state index < -0.39 is 34.2 Å². The highest BCUT2D eigenvalue weighted by Gasteiger charge is 2.35. The normalized spacial score (nSPS) is 12.6. The SMILES string of the molecule is Cc1cccc(CN(C(=O)CN(c2ccccc2)S(=O)(=O)N(C)C)[C@H](Cc2ccccc2)C(=O)NC(C)(C)C)c1. The summed E-state index contributed by atoms with van der Waals surface area (Å²) in [6.07, 6.45) is 0.270. The number of benzene rings is 3. The number of anilines is 1. The molecular formula is C31H40N4O4S. The molecule has 0 saturated heterocycles. The molecule has 0 radical (unpaired) electrons. The van der Waals surface area contributed by atoms with Crippen LogP contribution in [0.2, 0.25) is 0 Å². The number of nitrogens with zero attached hydrogens (tertiary/aromatic N) is 3. The minimum atomic E-state index is -4.02. The summed E-state index contributed by atoms with van der Waals surface area (Å²) in [4.78, 5) is 29.5. The average Bonchev–Trinajstić information content (AvgIpc) is 2.89. The highest BCUT2D eigenvalue weighted by molar-refractivity contribution is 7.90. The van der Waals surface area contributed by atoms with Gasteiger partial charge in [-0.2, -0.15) is 12.7 Å². The fraction of sp³-hybridized carbons (Fsp3) is 0.355. The first-order valence-corrected chi connectivity index (χ1v) is 14.6. The number of aryl methyl sites for hydroxylation is 1. The molecule has 0 aliphatic carbocycles. The zero-order valence-corrected chi connectivity index (χ0v) is 25.0. The molecule has 0 bridgehead atoms. The number of amides is 2. The number of carbonyl (C=O) groups excluding carboxylic acids is 2. The van der Waals surface area contributed by atoms with E-state index in [4.69, 9.17) is 0 Å². The van der Waals surface area contributed by atoms with Gasteiger partial charge in [-0.05, 0) is 51.0 Å². The molecule has 1 N–H and O–H groups in total. The van der Waals surface area contributed by atoms with Gasteiger partial charge in [-0.25, -0.2) is 4.31 Å². The molecular weight excluding hydrogens is 524 g/mol. The Hall–Kier alpha value is -3.69. The third-order valence-corrected chi connectivity index (χ3v) is 8.09. The predicted octanol–water partition coefficient (Wildman–Crippen LogP) is 4.16. The summed E-state index contributed by atoms with van der Waals surface area (Å²) in [5, 5.41) is 3.03. The predicted molar refractivity (Wildman–Crippen MR) is 160 cm³/mol. The second-order valence-corrected chi connectivity index (χ2v) is 13.2. The van der Waals surface area contributed by atoms with Gasteiger partial charge in [-0.1, -0.05) is 78.4 Å². The van der Waals surface area contributed by atoms with Gasteiger partial charge in [0, 0.05) is 32.6 Å². The first-order chi connectivity index (χ1) is 18.8. The summed E-state index contributed by atoms with van der Waals surface area (Å²) in [5.74, 6) is -0.792. The molecule has 0 aliphatic heterocycles. The van der Waals surface area contributed by atoms with E-state index in [2.05, 4.69) is 5.32 Å². The number of carbonyl (C=O) groups is 2. The van der Waals surface area contributed by atoms with Crippen LogP contribution in [0.15, 0.2) is 84.9 Å². The van der Waals surface area contributed by atoms with Crippen molar-refractivity contribution in [3.8, 4) is 0 Å². The maximum Gasteiger partial charge on any atom is 0.304 e. The van der Waals surface area contributed by atoms with Crippen molar-refractivity contribution in [2.24, 2.45) is 0 Å². The monoisotopic (exact) mass is 564 g/mol. The van der Waals surface area contributed by atoms with Gasteiger partial charge in [-0.3, -0.25) is 9.59 Å². The van der Waals surface area contributed by atoms with Crippen molar-refractivity contribution in [2.75, 3.05) is 24.9 Å². The Kier molecular flexibility index (Phi) is 10.1. The number of hydrogen-bond donors (Lipinski definition) is 1. The number of rotatable bonds is 11. The van der Waals surface area contributed by atoms with Crippen LogP contribution in [0.3, 0.4) is 0 Å². The highest BCUT2D eigenvalue weighted by Crippen LogP contribution is 2.22. The zero-order valence-electron chi connectivity index (χ0n) is 24.2. The Morgan fingerprint density at radius 3 is 1.98 bits per heavy atom. The molecule has 0 fully saturated rings. The van der Waals surface area contributed by atoms with E-state index >= 15 is 0 Å². The number of hydrogen-bond acceptors (Lipinski definition) is 4. The maximum atomic E-state index is 14.2. The van der Waals surface area contributed by atoms with Gasteiger partial charge in [0.25, 0.3) is 0 Å². The molecule has 0 aliphatic rings. The molecule has 0 spiro atoms. The van der Waals surface area contributed by atoms with Crippen molar-refractivity contribution in [3.05, 3.63) is 102 Å². The van der Waals surface area contributed by atoms with Crippen molar-refractivity contribution in [3.63, 3.8) is 0 Å². The second kappa shape index (κ2) is 13.1. The van der Waals surface area contributed by atoms with Gasteiger partial charge >= 0.3 is 10.2 Å². The number of nitrogens with one attached hydrogen (secondary N) is 1. The molecule has 0 aromatic heterocycles. The molecule has 9 heteroatoms. The van der Waals surface area contributed by atoms with Gasteiger partial charge in [-0.15, -0.1) is 0 Å². The van der Waals surface area contributed by atoms with E-state index in [1.54, 1.807) is 30.3 Å². The minimum absolute atomic E-state index is 0.139. The molecule has 40 heavy (non-hydrogen) atoms. The Balaban J connectivity index is 2.10. The van der Waals surface area contributed by atoms with Crippen LogP contribution in [-0.4, -0.2) is 61.7 Å². The average molecular weight is 565 g/mol. The van der Waals surface area contributed by atoms with E-state index in [0.29, 0.717) is 5.69 Å². The molecule has 3 aromatic carbocycles. The van der Waals surface area contributed by atoms with Gasteiger partial charge in [0.1, 0.15) is 12.6 Å². The van der Waals surface area contributed by atoms with Crippen molar-refractivity contribution in [1.82, 2.24) is 14.5 Å². The zero-order chi connectivity index (χ0) is 29.5. The first-order valence-electron chi connectivity index (χ1n) is 13.2. The van der Waals surface area contributed by atoms with Crippen LogP contribution in [-0.2, 0) is 32.8 Å². The maximum absolute atomic E-state index is 14.2. The summed E-state index contributed by atoms with van der Waals surface area (Å²) >= 11 is 0. The Morgan fingerprint density at radius 1 is 0.850 bits per heavy atom. The molecule has 0 heterocycles. The summed E-state index contributed by atoms with van der Waals surface area (Å²) in [5.41, 5.74) is 2.58. The third kappa shape index (κ3) is 8.40. The summed E-state index contributed by atoms with van der Waals surface area (Å²) in [6.45, 7) is 7.29. The van der Waals surface area contributed by atoms with Crippen LogP contribution in [0.1, 0.15) is 37.5 Å². The van der Waals surface area contributed by atoms with Crippen LogP contribution in [0.5, 0.6) is 0 Å². The van der Waals surface area contributed by atoms with E-state index in [0.717, 1.165) is 25.3 Å². The molecule has 214 valence electrons. The van der Waals surface area contributed by atoms with Gasteiger partial charge in [0.2, 0.25) is 11.8 Å². The van der Waals surface area contributed by atoms with Gasteiger partial charge < -0.3 is 10.2 Å². The number of para-hydroxylation sites is 1. The Morgan fingerprint density at radius 2 is 1.43 bits per heavy atom. The second-order valence-electron chi connectivity index (χ2n) is 11.1.